The van der Waals surface area contributed by atoms with Crippen molar-refractivity contribution in [1.29, 1.82) is 0 Å². The van der Waals surface area contributed by atoms with Crippen LogP contribution in [-0.4, -0.2) is 0 Å². The van der Waals surface area contributed by atoms with E-state index in [1.165, 1.54) is 19.3 Å². The molecule has 2 saturated carbocycles. The van der Waals surface area contributed by atoms with Crippen molar-refractivity contribution in [3.63, 3.8) is 0 Å². The summed E-state index contributed by atoms with van der Waals surface area (Å²) in [6.45, 7) is 22.7. The second kappa shape index (κ2) is 5.57. The molecule has 0 spiro atoms. The minimum Gasteiger partial charge on any atom is -0.0654 e. The van der Waals surface area contributed by atoms with Crippen LogP contribution in [-0.2, 0) is 0 Å². The fourth-order valence-corrected chi connectivity index (χ4v) is 7.37. The molecule has 2 aliphatic carbocycles. The maximum atomic E-state index is 2.69. The lowest BCUT2D eigenvalue weighted by Gasteiger charge is -2.42. The molecule has 0 nitrogen and oxygen atoms in total. The molecule has 0 radical (unpaired) electrons. The second-order valence-corrected chi connectivity index (χ2v) is 9.56. The molecule has 0 saturated heterocycles. The van der Waals surface area contributed by atoms with Gasteiger partial charge in [-0.2, -0.15) is 0 Å². The topological polar surface area (TPSA) is 0 Å². The largest absolute Gasteiger partial charge is 0.0654 e. The Hall–Kier alpha value is 0. The van der Waals surface area contributed by atoms with Crippen molar-refractivity contribution < 1.29 is 0 Å². The highest BCUT2D eigenvalue weighted by Gasteiger charge is 2.68. The van der Waals surface area contributed by atoms with Gasteiger partial charge in [0.05, 0.1) is 0 Å². The van der Waals surface area contributed by atoms with Crippen molar-refractivity contribution in [2.75, 3.05) is 0 Å². The Labute approximate surface area is 134 Å². The van der Waals surface area contributed by atoms with Crippen molar-refractivity contribution >= 4 is 0 Å². The number of hydrogen-bond acceptors (Lipinski definition) is 0. The zero-order valence-electron chi connectivity index (χ0n) is 16.2. The Kier molecular flexibility index (Phi) is 4.60. The van der Waals surface area contributed by atoms with Gasteiger partial charge in [-0.3, -0.25) is 0 Å². The average molecular weight is 293 g/mol. The third-order valence-corrected chi connectivity index (χ3v) is 8.03. The fourth-order valence-electron chi connectivity index (χ4n) is 7.37. The average Bonchev–Trinajstić information content (AvgIpc) is 2.93. The highest BCUT2D eigenvalue weighted by atomic mass is 14.7. The lowest BCUT2D eigenvalue weighted by Crippen LogP contribution is -2.37. The summed E-state index contributed by atoms with van der Waals surface area (Å²) in [5.41, 5.74) is 1.07. The first-order valence-electron chi connectivity index (χ1n) is 9.65. The van der Waals surface area contributed by atoms with E-state index in [2.05, 4.69) is 62.3 Å². The standard InChI is InChI=1S/C21H40/c1-10-12-17-20(7,8)16(11-2)18(13(3)4)21(17,9)19-14(5)15(19)6/h13-19H,10-12H2,1-9H3/t14?,15?,16-,17?,18?,19?,21?/m0/s1. The van der Waals surface area contributed by atoms with Crippen molar-refractivity contribution in [2.24, 2.45) is 52.3 Å². The molecule has 0 N–H and O–H groups in total. The lowest BCUT2D eigenvalue weighted by molar-refractivity contribution is 0.0514. The monoisotopic (exact) mass is 292 g/mol. The summed E-state index contributed by atoms with van der Waals surface area (Å²) in [5.74, 6) is 6.40. The molecule has 0 aromatic heterocycles. The Morgan fingerprint density at radius 2 is 1.48 bits per heavy atom. The molecule has 21 heavy (non-hydrogen) atoms. The molecule has 0 heterocycles. The molecule has 0 heteroatoms. The van der Waals surface area contributed by atoms with Gasteiger partial charge < -0.3 is 0 Å². The van der Waals surface area contributed by atoms with E-state index in [9.17, 15) is 0 Å². The second-order valence-electron chi connectivity index (χ2n) is 9.56. The van der Waals surface area contributed by atoms with Gasteiger partial charge in [0.2, 0.25) is 0 Å². The summed E-state index contributed by atoms with van der Waals surface area (Å²) in [6, 6.07) is 0. The predicted octanol–water partition coefficient (Wildman–Crippen LogP) is 6.65. The normalized spacial score (nSPS) is 48.9. The van der Waals surface area contributed by atoms with Crippen LogP contribution in [0.3, 0.4) is 0 Å². The quantitative estimate of drug-likeness (QED) is 0.532. The van der Waals surface area contributed by atoms with Gasteiger partial charge in [0, 0.05) is 0 Å². The maximum absolute atomic E-state index is 2.69. The van der Waals surface area contributed by atoms with Gasteiger partial charge in [-0.25, -0.2) is 0 Å². The highest BCUT2D eigenvalue weighted by Crippen LogP contribution is 2.73. The molecule has 0 aromatic rings. The Morgan fingerprint density at radius 3 is 1.81 bits per heavy atom. The van der Waals surface area contributed by atoms with Crippen molar-refractivity contribution in [1.82, 2.24) is 0 Å². The molecular formula is C21H40. The van der Waals surface area contributed by atoms with Crippen LogP contribution in [0.25, 0.3) is 0 Å². The van der Waals surface area contributed by atoms with Gasteiger partial charge in [-0.05, 0) is 58.7 Å². The molecular weight excluding hydrogens is 252 g/mol. The minimum atomic E-state index is 0.510. The molecule has 2 aliphatic rings. The summed E-state index contributed by atoms with van der Waals surface area (Å²) in [4.78, 5) is 0. The van der Waals surface area contributed by atoms with E-state index in [4.69, 9.17) is 0 Å². The van der Waals surface area contributed by atoms with Crippen molar-refractivity contribution in [3.05, 3.63) is 0 Å². The first-order valence-corrected chi connectivity index (χ1v) is 9.65. The van der Waals surface area contributed by atoms with Crippen LogP contribution in [0.4, 0.5) is 0 Å². The van der Waals surface area contributed by atoms with Gasteiger partial charge >= 0.3 is 0 Å². The molecule has 0 aliphatic heterocycles. The smallest absolute Gasteiger partial charge is 0.0225 e. The van der Waals surface area contributed by atoms with Gasteiger partial charge in [-0.15, -0.1) is 0 Å². The van der Waals surface area contributed by atoms with Crippen LogP contribution in [0, 0.1) is 52.3 Å². The molecule has 2 rings (SSSR count). The summed E-state index contributed by atoms with van der Waals surface area (Å²) >= 11 is 0. The fraction of sp³-hybridized carbons (Fsp3) is 1.00. The first kappa shape index (κ1) is 17.4. The zero-order valence-corrected chi connectivity index (χ0v) is 16.2. The van der Waals surface area contributed by atoms with Crippen LogP contribution >= 0.6 is 0 Å². The predicted molar refractivity (Wildman–Crippen MR) is 94.2 cm³/mol. The number of rotatable bonds is 5. The Balaban J connectivity index is 2.50. The molecule has 0 bridgehead atoms. The van der Waals surface area contributed by atoms with Gasteiger partial charge in [0.15, 0.2) is 0 Å². The van der Waals surface area contributed by atoms with E-state index in [-0.39, 0.29) is 0 Å². The van der Waals surface area contributed by atoms with Gasteiger partial charge in [-0.1, -0.05) is 75.2 Å². The summed E-state index contributed by atoms with van der Waals surface area (Å²) in [6.07, 6.45) is 4.14. The van der Waals surface area contributed by atoms with E-state index in [0.717, 1.165) is 41.4 Å². The third kappa shape index (κ3) is 2.31. The summed E-state index contributed by atoms with van der Waals surface area (Å²) < 4.78 is 0. The maximum Gasteiger partial charge on any atom is -0.0225 e. The van der Waals surface area contributed by atoms with Crippen LogP contribution in [0.5, 0.6) is 0 Å². The van der Waals surface area contributed by atoms with Crippen LogP contribution in [0.2, 0.25) is 0 Å². The Bertz CT molecular complexity index is 358. The van der Waals surface area contributed by atoms with Crippen molar-refractivity contribution in [3.8, 4) is 0 Å². The van der Waals surface area contributed by atoms with E-state index < -0.39 is 0 Å². The molecule has 0 aromatic carbocycles. The third-order valence-electron chi connectivity index (χ3n) is 8.03. The zero-order chi connectivity index (χ0) is 16.2. The number of hydrogen-bond donors (Lipinski definition) is 0. The molecule has 124 valence electrons. The Morgan fingerprint density at radius 1 is 0.952 bits per heavy atom. The molecule has 2 fully saturated rings. The lowest BCUT2D eigenvalue weighted by atomic mass is 9.62. The minimum absolute atomic E-state index is 0.510. The van der Waals surface area contributed by atoms with Gasteiger partial charge in [0.25, 0.3) is 0 Å². The molecule has 5 unspecified atom stereocenters. The van der Waals surface area contributed by atoms with Crippen LogP contribution in [0.15, 0.2) is 0 Å². The van der Waals surface area contributed by atoms with Crippen LogP contribution < -0.4 is 0 Å². The van der Waals surface area contributed by atoms with E-state index in [1.54, 1.807) is 0 Å². The summed E-state index contributed by atoms with van der Waals surface area (Å²) in [5, 5.41) is 0. The van der Waals surface area contributed by atoms with Crippen molar-refractivity contribution in [2.45, 2.75) is 81.6 Å². The SMILES string of the molecule is CCCC1C(C)(C2C(C)C2C)C(C(C)C)[C@H](CC)C1(C)C. The van der Waals surface area contributed by atoms with E-state index in [1.807, 2.05) is 0 Å². The first-order chi connectivity index (χ1) is 9.65. The van der Waals surface area contributed by atoms with E-state index in [0.29, 0.717) is 10.8 Å². The molecule has 0 amide bonds. The molecule has 6 atom stereocenters. The highest BCUT2D eigenvalue weighted by molar-refractivity contribution is 5.16. The van der Waals surface area contributed by atoms with Gasteiger partial charge in [0.1, 0.15) is 0 Å². The van der Waals surface area contributed by atoms with E-state index >= 15 is 0 Å². The van der Waals surface area contributed by atoms with Crippen LogP contribution in [0.1, 0.15) is 81.6 Å². The summed E-state index contributed by atoms with van der Waals surface area (Å²) in [7, 11) is 0.